The summed E-state index contributed by atoms with van der Waals surface area (Å²) in [6.07, 6.45) is 5.60. The second-order valence-electron chi connectivity index (χ2n) is 9.67. The monoisotopic (exact) mass is 485 g/mol. The molecule has 0 unspecified atom stereocenters. The molecule has 2 atom stereocenters. The van der Waals surface area contributed by atoms with Crippen LogP contribution in [0.2, 0.25) is 0 Å². The Morgan fingerprint density at radius 1 is 1.22 bits per heavy atom. The zero-order valence-corrected chi connectivity index (χ0v) is 21.4. The number of nitrogens with zero attached hydrogens (tertiary/aromatic N) is 1. The number of anilines is 1. The summed E-state index contributed by atoms with van der Waals surface area (Å²) < 4.78 is 6.08. The van der Waals surface area contributed by atoms with E-state index in [1.807, 2.05) is 55.6 Å². The van der Waals surface area contributed by atoms with Gasteiger partial charge in [-0.15, -0.1) is 0 Å². The molecule has 1 aliphatic rings. The molecule has 1 saturated heterocycles. The van der Waals surface area contributed by atoms with Crippen LogP contribution in [0.15, 0.2) is 54.7 Å². The number of carbonyl (C=O) groups is 1. The Balaban J connectivity index is 1.54. The van der Waals surface area contributed by atoms with Gasteiger partial charge in [-0.25, -0.2) is 0 Å². The Morgan fingerprint density at radius 3 is 2.75 bits per heavy atom. The van der Waals surface area contributed by atoms with Crippen LogP contribution in [-0.2, 0) is 6.42 Å². The van der Waals surface area contributed by atoms with Gasteiger partial charge < -0.3 is 26.1 Å². The summed E-state index contributed by atoms with van der Waals surface area (Å²) in [5.74, 6) is 1.32. The van der Waals surface area contributed by atoms with Gasteiger partial charge in [0.05, 0.1) is 5.69 Å². The Hall–Kier alpha value is -3.71. The van der Waals surface area contributed by atoms with Crippen LogP contribution < -0.4 is 20.7 Å². The lowest BCUT2D eigenvalue weighted by atomic mass is 9.86. The lowest BCUT2D eigenvalue weighted by Gasteiger charge is -2.38. The third-order valence-electron chi connectivity index (χ3n) is 6.78. The molecule has 2 aromatic carbocycles. The number of hydrogen-bond donors (Lipinski definition) is 4. The Bertz CT molecular complexity index is 1260. The molecule has 0 radical (unpaired) electrons. The van der Waals surface area contributed by atoms with Gasteiger partial charge in [0.25, 0.3) is 5.91 Å². The van der Waals surface area contributed by atoms with Gasteiger partial charge in [0, 0.05) is 65.6 Å². The summed E-state index contributed by atoms with van der Waals surface area (Å²) in [6.45, 7) is 7.26. The van der Waals surface area contributed by atoms with Crippen LogP contribution in [0.3, 0.4) is 0 Å². The van der Waals surface area contributed by atoms with Gasteiger partial charge in [-0.05, 0) is 75.5 Å². The molecule has 3 aromatic rings. The standard InChI is InChI=1S/C29H35N5O2/c1-5-20-14-21(7-9-25(20)28(35)34-29(3)11-13-32-19(2)17-29)27-16-24(10-12-33-27)36-23-8-6-22(18-30)26(15-23)31-4/h6-10,12,14-16,18-19,30-32H,5,11,13,17H2,1-4H3,(H,34,35)/t19-,29-/m0/s1. The van der Waals surface area contributed by atoms with E-state index in [1.165, 1.54) is 6.21 Å². The van der Waals surface area contributed by atoms with Crippen molar-refractivity contribution in [1.82, 2.24) is 15.6 Å². The number of aryl methyl sites for hydroxylation is 1. The average molecular weight is 486 g/mol. The van der Waals surface area contributed by atoms with Gasteiger partial charge in [-0.3, -0.25) is 9.78 Å². The van der Waals surface area contributed by atoms with Crippen LogP contribution in [0, 0.1) is 5.41 Å². The predicted octanol–water partition coefficient (Wildman–Crippen LogP) is 5.40. The summed E-state index contributed by atoms with van der Waals surface area (Å²) in [7, 11) is 1.82. The maximum absolute atomic E-state index is 13.2. The molecule has 0 bridgehead atoms. The molecule has 1 aromatic heterocycles. The molecule has 1 fully saturated rings. The normalized spacial score (nSPS) is 19.4. The van der Waals surface area contributed by atoms with E-state index in [1.54, 1.807) is 6.20 Å². The van der Waals surface area contributed by atoms with Gasteiger partial charge in [-0.1, -0.05) is 13.0 Å². The van der Waals surface area contributed by atoms with Crippen LogP contribution in [0.5, 0.6) is 11.5 Å². The van der Waals surface area contributed by atoms with Crippen molar-refractivity contribution in [2.24, 2.45) is 0 Å². The molecule has 36 heavy (non-hydrogen) atoms. The van der Waals surface area contributed by atoms with Crippen molar-refractivity contribution in [1.29, 1.82) is 5.41 Å². The van der Waals surface area contributed by atoms with E-state index >= 15 is 0 Å². The van der Waals surface area contributed by atoms with Gasteiger partial charge in [-0.2, -0.15) is 0 Å². The molecular formula is C29H35N5O2. The van der Waals surface area contributed by atoms with Gasteiger partial charge in [0.15, 0.2) is 0 Å². The highest BCUT2D eigenvalue weighted by molar-refractivity contribution is 5.96. The molecule has 7 nitrogen and oxygen atoms in total. The number of benzene rings is 2. The summed E-state index contributed by atoms with van der Waals surface area (Å²) >= 11 is 0. The number of ether oxygens (including phenoxy) is 1. The quantitative estimate of drug-likeness (QED) is 0.320. The van der Waals surface area contributed by atoms with Crippen LogP contribution >= 0.6 is 0 Å². The van der Waals surface area contributed by atoms with E-state index < -0.39 is 0 Å². The first-order valence-electron chi connectivity index (χ1n) is 12.5. The van der Waals surface area contributed by atoms with Crippen molar-refractivity contribution in [3.05, 3.63) is 71.4 Å². The van der Waals surface area contributed by atoms with E-state index in [2.05, 4.69) is 41.7 Å². The first kappa shape index (κ1) is 25.4. The number of aromatic nitrogens is 1. The average Bonchev–Trinajstić information content (AvgIpc) is 2.88. The summed E-state index contributed by atoms with van der Waals surface area (Å²) in [6, 6.07) is 15.6. The number of piperidine rings is 1. The van der Waals surface area contributed by atoms with Crippen LogP contribution in [0.25, 0.3) is 11.3 Å². The van der Waals surface area contributed by atoms with Crippen LogP contribution in [0.1, 0.15) is 55.1 Å². The number of carbonyl (C=O) groups excluding carboxylic acids is 1. The predicted molar refractivity (Wildman–Crippen MR) is 146 cm³/mol. The fourth-order valence-corrected chi connectivity index (χ4v) is 4.88. The third-order valence-corrected chi connectivity index (χ3v) is 6.78. The lowest BCUT2D eigenvalue weighted by Crippen LogP contribution is -2.55. The fourth-order valence-electron chi connectivity index (χ4n) is 4.88. The lowest BCUT2D eigenvalue weighted by molar-refractivity contribution is 0.0876. The minimum Gasteiger partial charge on any atom is -0.457 e. The SMILES string of the molecule is CCc1cc(-c2cc(Oc3ccc(C=N)c(NC)c3)ccn2)ccc1C(=O)N[C@@]1(C)CCN[C@@H](C)C1. The number of pyridine rings is 1. The van der Waals surface area contributed by atoms with Crippen molar-refractivity contribution in [2.75, 3.05) is 18.9 Å². The molecule has 1 amide bonds. The maximum atomic E-state index is 13.2. The summed E-state index contributed by atoms with van der Waals surface area (Å²) in [4.78, 5) is 17.8. The molecule has 2 heterocycles. The van der Waals surface area contributed by atoms with Crippen LogP contribution in [0.4, 0.5) is 5.69 Å². The minimum atomic E-state index is -0.206. The molecule has 0 aliphatic carbocycles. The zero-order chi connectivity index (χ0) is 25.7. The molecule has 188 valence electrons. The molecular weight excluding hydrogens is 450 g/mol. The topological polar surface area (TPSA) is 99.1 Å². The molecule has 4 N–H and O–H groups in total. The minimum absolute atomic E-state index is 0.0197. The fraction of sp³-hybridized carbons (Fsp3) is 0.345. The number of rotatable bonds is 8. The second-order valence-corrected chi connectivity index (χ2v) is 9.67. The van der Waals surface area contributed by atoms with E-state index in [-0.39, 0.29) is 11.4 Å². The Labute approximate surface area is 213 Å². The number of amides is 1. The first-order chi connectivity index (χ1) is 17.3. The highest BCUT2D eigenvalue weighted by Crippen LogP contribution is 2.30. The van der Waals surface area contributed by atoms with Crippen molar-refractivity contribution in [3.8, 4) is 22.8 Å². The number of hydrogen-bond acceptors (Lipinski definition) is 6. The van der Waals surface area contributed by atoms with Crippen molar-refractivity contribution in [2.45, 2.75) is 51.6 Å². The number of nitrogens with one attached hydrogen (secondary N) is 4. The van der Waals surface area contributed by atoms with Crippen molar-refractivity contribution in [3.63, 3.8) is 0 Å². The Kier molecular flexibility index (Phi) is 7.70. The highest BCUT2D eigenvalue weighted by Gasteiger charge is 2.32. The maximum Gasteiger partial charge on any atom is 0.251 e. The molecule has 1 aliphatic heterocycles. The molecule has 0 spiro atoms. The molecule has 4 rings (SSSR count). The van der Waals surface area contributed by atoms with Gasteiger partial charge in [0.2, 0.25) is 0 Å². The van der Waals surface area contributed by atoms with Crippen molar-refractivity contribution < 1.29 is 9.53 Å². The molecule has 7 heteroatoms. The van der Waals surface area contributed by atoms with Crippen LogP contribution in [-0.4, -0.2) is 42.3 Å². The third kappa shape index (κ3) is 5.74. The van der Waals surface area contributed by atoms with Gasteiger partial charge in [0.1, 0.15) is 11.5 Å². The Morgan fingerprint density at radius 2 is 2.03 bits per heavy atom. The summed E-state index contributed by atoms with van der Waals surface area (Å²) in [5.41, 5.74) is 4.83. The van der Waals surface area contributed by atoms with E-state index in [0.29, 0.717) is 23.1 Å². The zero-order valence-electron chi connectivity index (χ0n) is 21.4. The van der Waals surface area contributed by atoms with E-state index in [9.17, 15) is 4.79 Å². The van der Waals surface area contributed by atoms with Gasteiger partial charge >= 0.3 is 0 Å². The van der Waals surface area contributed by atoms with E-state index in [0.717, 1.165) is 53.9 Å². The van der Waals surface area contributed by atoms with E-state index in [4.69, 9.17) is 10.1 Å². The summed E-state index contributed by atoms with van der Waals surface area (Å²) in [5, 5.41) is 17.3. The first-order valence-corrected chi connectivity index (χ1v) is 12.5. The largest absolute Gasteiger partial charge is 0.457 e. The second kappa shape index (κ2) is 10.9. The molecule has 0 saturated carbocycles. The smallest absolute Gasteiger partial charge is 0.251 e. The highest BCUT2D eigenvalue weighted by atomic mass is 16.5. The van der Waals surface area contributed by atoms with Crippen molar-refractivity contribution >= 4 is 17.8 Å².